The SMILES string of the molecule is CN1CCCC(CNC(=O)c2n[nH]c(C3CC3)n2)C1. The molecule has 0 radical (unpaired) electrons. The van der Waals surface area contributed by atoms with E-state index in [9.17, 15) is 4.79 Å². The molecule has 1 saturated carbocycles. The van der Waals surface area contributed by atoms with Crippen molar-refractivity contribution in [3.8, 4) is 0 Å². The molecule has 1 saturated heterocycles. The molecule has 1 amide bonds. The van der Waals surface area contributed by atoms with Crippen molar-refractivity contribution >= 4 is 5.91 Å². The molecule has 0 spiro atoms. The number of aromatic amines is 1. The number of nitrogens with one attached hydrogen (secondary N) is 2. The number of hydrogen-bond donors (Lipinski definition) is 2. The molecule has 104 valence electrons. The Hall–Kier alpha value is -1.43. The van der Waals surface area contributed by atoms with Gasteiger partial charge in [-0.2, -0.15) is 0 Å². The summed E-state index contributed by atoms with van der Waals surface area (Å²) in [5, 5.41) is 9.81. The maximum Gasteiger partial charge on any atom is 0.290 e. The lowest BCUT2D eigenvalue weighted by Crippen LogP contribution is -2.39. The van der Waals surface area contributed by atoms with Crippen molar-refractivity contribution in [3.05, 3.63) is 11.6 Å². The Morgan fingerprint density at radius 1 is 1.47 bits per heavy atom. The van der Waals surface area contributed by atoms with E-state index in [0.29, 0.717) is 11.8 Å². The second-order valence-electron chi connectivity index (χ2n) is 5.80. The summed E-state index contributed by atoms with van der Waals surface area (Å²) in [7, 11) is 2.13. The smallest absolute Gasteiger partial charge is 0.290 e. The normalized spacial score (nSPS) is 24.4. The summed E-state index contributed by atoms with van der Waals surface area (Å²) in [6.45, 7) is 2.94. The molecule has 2 N–H and O–H groups in total. The van der Waals surface area contributed by atoms with Gasteiger partial charge < -0.3 is 10.2 Å². The van der Waals surface area contributed by atoms with E-state index in [1.165, 1.54) is 12.8 Å². The van der Waals surface area contributed by atoms with Crippen LogP contribution in [0.1, 0.15) is 48.0 Å². The second kappa shape index (κ2) is 5.28. The molecule has 1 unspecified atom stereocenters. The van der Waals surface area contributed by atoms with Crippen LogP contribution in [0.2, 0.25) is 0 Å². The number of nitrogens with zero attached hydrogens (tertiary/aromatic N) is 3. The van der Waals surface area contributed by atoms with Crippen LogP contribution in [0.4, 0.5) is 0 Å². The molecule has 1 aliphatic carbocycles. The van der Waals surface area contributed by atoms with Crippen LogP contribution in [0.3, 0.4) is 0 Å². The minimum Gasteiger partial charge on any atom is -0.349 e. The van der Waals surface area contributed by atoms with Crippen LogP contribution in [-0.2, 0) is 0 Å². The third-order valence-electron chi connectivity index (χ3n) is 3.94. The lowest BCUT2D eigenvalue weighted by molar-refractivity contribution is 0.0927. The molecular formula is C13H21N5O. The lowest BCUT2D eigenvalue weighted by Gasteiger charge is -2.29. The van der Waals surface area contributed by atoms with Crippen molar-refractivity contribution in [2.75, 3.05) is 26.7 Å². The van der Waals surface area contributed by atoms with Gasteiger partial charge in [0.25, 0.3) is 5.91 Å². The first kappa shape index (κ1) is 12.6. The number of carbonyl (C=O) groups excluding carboxylic acids is 1. The standard InChI is InChI=1S/C13H21N5O/c1-18-6-2-3-9(8-18)7-14-13(19)12-15-11(16-17-12)10-4-5-10/h9-10H,2-8H2,1H3,(H,14,19)(H,15,16,17). The molecule has 0 aromatic carbocycles. The van der Waals surface area contributed by atoms with Gasteiger partial charge in [-0.25, -0.2) is 4.98 Å². The Morgan fingerprint density at radius 2 is 2.32 bits per heavy atom. The summed E-state index contributed by atoms with van der Waals surface area (Å²) in [6.07, 6.45) is 4.71. The highest BCUT2D eigenvalue weighted by molar-refractivity contribution is 5.90. The Bertz CT molecular complexity index is 454. The first-order valence-electron chi connectivity index (χ1n) is 7.11. The van der Waals surface area contributed by atoms with E-state index in [2.05, 4.69) is 32.4 Å². The highest BCUT2D eigenvalue weighted by atomic mass is 16.2. The van der Waals surface area contributed by atoms with Crippen molar-refractivity contribution in [2.24, 2.45) is 5.92 Å². The zero-order valence-electron chi connectivity index (χ0n) is 11.4. The minimum atomic E-state index is -0.156. The average Bonchev–Trinajstić information content (AvgIpc) is 3.14. The third kappa shape index (κ3) is 3.12. The van der Waals surface area contributed by atoms with Gasteiger partial charge in [0.2, 0.25) is 5.82 Å². The van der Waals surface area contributed by atoms with E-state index in [1.54, 1.807) is 0 Å². The monoisotopic (exact) mass is 263 g/mol. The Balaban J connectivity index is 1.49. The predicted octanol–water partition coefficient (Wildman–Crippen LogP) is 0.754. The summed E-state index contributed by atoms with van der Waals surface area (Å²) in [5.41, 5.74) is 0. The highest BCUT2D eigenvalue weighted by Gasteiger charge is 2.28. The largest absolute Gasteiger partial charge is 0.349 e. The molecule has 2 fully saturated rings. The summed E-state index contributed by atoms with van der Waals surface area (Å²) in [5.74, 6) is 2.04. The van der Waals surface area contributed by atoms with E-state index in [4.69, 9.17) is 0 Å². The predicted molar refractivity (Wildman–Crippen MR) is 70.9 cm³/mol. The van der Waals surface area contributed by atoms with Gasteiger partial charge in [0.05, 0.1) is 0 Å². The van der Waals surface area contributed by atoms with E-state index < -0.39 is 0 Å². The number of piperidine rings is 1. The molecule has 2 aliphatic rings. The summed E-state index contributed by atoms with van der Waals surface area (Å²) in [4.78, 5) is 18.5. The Labute approximate surface area is 113 Å². The molecule has 0 bridgehead atoms. The van der Waals surface area contributed by atoms with Crippen LogP contribution in [0.25, 0.3) is 0 Å². The van der Waals surface area contributed by atoms with Gasteiger partial charge in [0.15, 0.2) is 0 Å². The summed E-state index contributed by atoms with van der Waals surface area (Å²) >= 11 is 0. The van der Waals surface area contributed by atoms with Gasteiger partial charge in [-0.1, -0.05) is 0 Å². The molecule has 3 rings (SSSR count). The van der Waals surface area contributed by atoms with Gasteiger partial charge >= 0.3 is 0 Å². The maximum absolute atomic E-state index is 12.0. The van der Waals surface area contributed by atoms with Crippen molar-refractivity contribution in [1.29, 1.82) is 0 Å². The van der Waals surface area contributed by atoms with Gasteiger partial charge in [0, 0.05) is 19.0 Å². The second-order valence-corrected chi connectivity index (χ2v) is 5.80. The van der Waals surface area contributed by atoms with Crippen LogP contribution < -0.4 is 5.32 Å². The van der Waals surface area contributed by atoms with Crippen LogP contribution in [0.5, 0.6) is 0 Å². The molecule has 6 nitrogen and oxygen atoms in total. The molecule has 1 aliphatic heterocycles. The average molecular weight is 263 g/mol. The van der Waals surface area contributed by atoms with Crippen molar-refractivity contribution in [1.82, 2.24) is 25.4 Å². The van der Waals surface area contributed by atoms with Crippen LogP contribution >= 0.6 is 0 Å². The fourth-order valence-electron chi connectivity index (χ4n) is 2.67. The van der Waals surface area contributed by atoms with E-state index in [1.807, 2.05) is 0 Å². The van der Waals surface area contributed by atoms with Crippen LogP contribution in [0, 0.1) is 5.92 Å². The van der Waals surface area contributed by atoms with E-state index >= 15 is 0 Å². The lowest BCUT2D eigenvalue weighted by atomic mass is 9.98. The van der Waals surface area contributed by atoms with Crippen LogP contribution in [0.15, 0.2) is 0 Å². The minimum absolute atomic E-state index is 0.156. The number of aromatic nitrogens is 3. The molecular weight excluding hydrogens is 242 g/mol. The number of rotatable bonds is 4. The fraction of sp³-hybridized carbons (Fsp3) is 0.769. The van der Waals surface area contributed by atoms with Gasteiger partial charge in [-0.15, -0.1) is 5.10 Å². The first-order valence-corrected chi connectivity index (χ1v) is 7.11. The highest BCUT2D eigenvalue weighted by Crippen LogP contribution is 2.37. The number of H-pyrrole nitrogens is 1. The first-order chi connectivity index (χ1) is 9.22. The molecule has 6 heteroatoms. The van der Waals surface area contributed by atoms with Gasteiger partial charge in [-0.05, 0) is 45.2 Å². The molecule has 1 atom stereocenters. The number of hydrogen-bond acceptors (Lipinski definition) is 4. The van der Waals surface area contributed by atoms with Gasteiger partial charge in [0.1, 0.15) is 5.82 Å². The van der Waals surface area contributed by atoms with Crippen molar-refractivity contribution in [2.45, 2.75) is 31.6 Å². The molecule has 1 aromatic rings. The zero-order chi connectivity index (χ0) is 13.2. The number of likely N-dealkylation sites (tertiary alicyclic amines) is 1. The van der Waals surface area contributed by atoms with E-state index in [0.717, 1.165) is 38.3 Å². The topological polar surface area (TPSA) is 73.9 Å². The Kier molecular flexibility index (Phi) is 3.50. The molecule has 19 heavy (non-hydrogen) atoms. The van der Waals surface area contributed by atoms with Crippen molar-refractivity contribution in [3.63, 3.8) is 0 Å². The quantitative estimate of drug-likeness (QED) is 0.841. The number of amides is 1. The maximum atomic E-state index is 12.0. The molecule has 1 aromatic heterocycles. The van der Waals surface area contributed by atoms with Crippen molar-refractivity contribution < 1.29 is 4.79 Å². The molecule has 2 heterocycles. The Morgan fingerprint density at radius 3 is 3.05 bits per heavy atom. The number of carbonyl (C=O) groups is 1. The third-order valence-corrected chi connectivity index (χ3v) is 3.94. The summed E-state index contributed by atoms with van der Waals surface area (Å²) in [6, 6.07) is 0. The fourth-order valence-corrected chi connectivity index (χ4v) is 2.67. The zero-order valence-corrected chi connectivity index (χ0v) is 11.4. The van der Waals surface area contributed by atoms with Crippen LogP contribution in [-0.4, -0.2) is 52.7 Å². The van der Waals surface area contributed by atoms with Gasteiger partial charge in [-0.3, -0.25) is 9.89 Å². The van der Waals surface area contributed by atoms with E-state index in [-0.39, 0.29) is 11.7 Å². The summed E-state index contributed by atoms with van der Waals surface area (Å²) < 4.78 is 0.